The fraction of sp³-hybridized carbons (Fsp3) is 0.818. The van der Waals surface area contributed by atoms with Crippen molar-refractivity contribution in [3.63, 3.8) is 0 Å². The molecular formula is C11H22N2O4. The van der Waals surface area contributed by atoms with Crippen LogP contribution in [0.1, 0.15) is 20.3 Å². The van der Waals surface area contributed by atoms with Crippen LogP contribution in [0.2, 0.25) is 0 Å². The minimum Gasteiger partial charge on any atom is -0.395 e. The third kappa shape index (κ3) is 7.70. The number of carbonyl (C=O) groups excluding carboxylic acids is 2. The lowest BCUT2D eigenvalue weighted by atomic mass is 10.4. The lowest BCUT2D eigenvalue weighted by Crippen LogP contribution is -2.42. The highest BCUT2D eigenvalue weighted by Gasteiger charge is 2.17. The van der Waals surface area contributed by atoms with E-state index in [9.17, 15) is 9.59 Å². The molecule has 0 unspecified atom stereocenters. The van der Waals surface area contributed by atoms with Crippen molar-refractivity contribution in [2.75, 3.05) is 33.4 Å². The highest BCUT2D eigenvalue weighted by Crippen LogP contribution is 1.90. The second-order valence-electron chi connectivity index (χ2n) is 3.98. The second kappa shape index (κ2) is 8.95. The molecule has 0 aromatic heterocycles. The van der Waals surface area contributed by atoms with Gasteiger partial charge in [-0.3, -0.25) is 9.59 Å². The summed E-state index contributed by atoms with van der Waals surface area (Å²) in [6.07, 6.45) is 0.837. The minimum atomic E-state index is -0.648. The number of nitrogens with zero attached hydrogens (tertiary/aromatic N) is 1. The Morgan fingerprint density at radius 2 is 2.06 bits per heavy atom. The summed E-state index contributed by atoms with van der Waals surface area (Å²) in [7, 11) is 1.47. The Labute approximate surface area is 102 Å². The first kappa shape index (κ1) is 15.9. The first-order chi connectivity index (χ1) is 7.99. The molecule has 0 saturated carbocycles. The van der Waals surface area contributed by atoms with Gasteiger partial charge < -0.3 is 20.1 Å². The molecule has 0 heterocycles. The van der Waals surface area contributed by atoms with Crippen molar-refractivity contribution in [3.05, 3.63) is 0 Å². The molecule has 0 aliphatic heterocycles. The van der Waals surface area contributed by atoms with Crippen LogP contribution in [0.3, 0.4) is 0 Å². The summed E-state index contributed by atoms with van der Waals surface area (Å²) >= 11 is 0. The second-order valence-corrected chi connectivity index (χ2v) is 3.98. The lowest BCUT2D eigenvalue weighted by Gasteiger charge is -2.15. The molecule has 6 heteroatoms. The summed E-state index contributed by atoms with van der Waals surface area (Å²) in [4.78, 5) is 23.9. The van der Waals surface area contributed by atoms with E-state index in [1.54, 1.807) is 0 Å². The highest BCUT2D eigenvalue weighted by atomic mass is 16.5. The van der Waals surface area contributed by atoms with Crippen molar-refractivity contribution >= 4 is 11.8 Å². The maximum atomic E-state index is 11.4. The molecule has 0 aromatic rings. The summed E-state index contributed by atoms with van der Waals surface area (Å²) in [5, 5.41) is 11.1. The number of carbonyl (C=O) groups is 2. The molecule has 6 nitrogen and oxygen atoms in total. The van der Waals surface area contributed by atoms with Gasteiger partial charge in [-0.15, -0.1) is 0 Å². The molecule has 0 saturated heterocycles. The summed E-state index contributed by atoms with van der Waals surface area (Å²) in [6.45, 7) is 4.83. The summed E-state index contributed by atoms with van der Waals surface area (Å²) in [5.41, 5.74) is 0. The van der Waals surface area contributed by atoms with Gasteiger partial charge in [-0.05, 0) is 20.3 Å². The van der Waals surface area contributed by atoms with E-state index in [0.717, 1.165) is 0 Å². The monoisotopic (exact) mass is 246 g/mol. The summed E-state index contributed by atoms with van der Waals surface area (Å²) in [5.74, 6) is -1.28. The van der Waals surface area contributed by atoms with Gasteiger partial charge in [0.2, 0.25) is 0 Å². The van der Waals surface area contributed by atoms with E-state index in [-0.39, 0.29) is 19.3 Å². The molecule has 0 aliphatic rings. The van der Waals surface area contributed by atoms with E-state index in [1.165, 1.54) is 11.9 Å². The molecule has 0 atom stereocenters. The Kier molecular flexibility index (Phi) is 8.35. The highest BCUT2D eigenvalue weighted by molar-refractivity contribution is 6.34. The molecule has 17 heavy (non-hydrogen) atoms. The molecule has 0 aliphatic carbocycles. The van der Waals surface area contributed by atoms with Gasteiger partial charge in [-0.1, -0.05) is 0 Å². The average Bonchev–Trinajstić information content (AvgIpc) is 2.27. The van der Waals surface area contributed by atoms with Crippen LogP contribution >= 0.6 is 0 Å². The van der Waals surface area contributed by atoms with Crippen LogP contribution < -0.4 is 5.32 Å². The predicted octanol–water partition coefficient (Wildman–Crippen LogP) is -0.632. The number of nitrogens with one attached hydrogen (secondary N) is 1. The largest absolute Gasteiger partial charge is 0.395 e. The average molecular weight is 246 g/mol. The Balaban J connectivity index is 3.68. The van der Waals surface area contributed by atoms with Crippen LogP contribution in [-0.2, 0) is 14.3 Å². The molecule has 0 spiro atoms. The van der Waals surface area contributed by atoms with E-state index in [2.05, 4.69) is 5.32 Å². The Morgan fingerprint density at radius 3 is 2.59 bits per heavy atom. The number of likely N-dealkylation sites (N-methyl/N-ethyl adjacent to an activating group) is 1. The Morgan fingerprint density at radius 1 is 1.41 bits per heavy atom. The van der Waals surface area contributed by atoms with Crippen molar-refractivity contribution in [2.45, 2.75) is 26.4 Å². The first-order valence-corrected chi connectivity index (χ1v) is 5.74. The molecular weight excluding hydrogens is 224 g/mol. The van der Waals surface area contributed by atoms with Crippen molar-refractivity contribution in [1.82, 2.24) is 10.2 Å². The van der Waals surface area contributed by atoms with Crippen LogP contribution in [0, 0.1) is 0 Å². The smallest absolute Gasteiger partial charge is 0.311 e. The molecule has 100 valence electrons. The fourth-order valence-corrected chi connectivity index (χ4v) is 1.09. The third-order valence-electron chi connectivity index (χ3n) is 2.03. The van der Waals surface area contributed by atoms with Gasteiger partial charge >= 0.3 is 11.8 Å². The lowest BCUT2D eigenvalue weighted by molar-refractivity contribution is -0.145. The van der Waals surface area contributed by atoms with Crippen LogP contribution in [0.25, 0.3) is 0 Å². The first-order valence-electron chi connectivity index (χ1n) is 5.74. The zero-order valence-electron chi connectivity index (χ0n) is 10.7. The molecule has 2 amide bonds. The number of hydrogen-bond acceptors (Lipinski definition) is 4. The van der Waals surface area contributed by atoms with Gasteiger partial charge in [-0.2, -0.15) is 0 Å². The van der Waals surface area contributed by atoms with Gasteiger partial charge in [0.25, 0.3) is 0 Å². The Hall–Kier alpha value is -1.14. The fourth-order valence-electron chi connectivity index (χ4n) is 1.09. The topological polar surface area (TPSA) is 78.9 Å². The quantitative estimate of drug-likeness (QED) is 0.463. The van der Waals surface area contributed by atoms with Gasteiger partial charge in [0, 0.05) is 26.7 Å². The summed E-state index contributed by atoms with van der Waals surface area (Å²) < 4.78 is 5.29. The zero-order valence-corrected chi connectivity index (χ0v) is 10.7. The minimum absolute atomic E-state index is 0.155. The van der Waals surface area contributed by atoms with Crippen molar-refractivity contribution in [3.8, 4) is 0 Å². The number of aliphatic hydroxyl groups excluding tert-OH is 1. The van der Waals surface area contributed by atoms with E-state index >= 15 is 0 Å². The van der Waals surface area contributed by atoms with Crippen LogP contribution in [0.4, 0.5) is 0 Å². The standard InChI is InChI=1S/C11H22N2O4/c1-9(2)17-8-4-5-12-10(15)11(16)13(3)6-7-14/h9,14H,4-8H2,1-3H3,(H,12,15). The molecule has 0 rings (SSSR count). The van der Waals surface area contributed by atoms with Gasteiger partial charge in [0.05, 0.1) is 12.7 Å². The van der Waals surface area contributed by atoms with E-state index in [0.29, 0.717) is 19.6 Å². The van der Waals surface area contributed by atoms with Gasteiger partial charge in [0.15, 0.2) is 0 Å². The number of hydrogen-bond donors (Lipinski definition) is 2. The molecule has 2 N–H and O–H groups in total. The molecule has 0 aromatic carbocycles. The van der Waals surface area contributed by atoms with E-state index in [1.807, 2.05) is 13.8 Å². The predicted molar refractivity (Wildman–Crippen MR) is 63.4 cm³/mol. The molecule has 0 bridgehead atoms. The third-order valence-corrected chi connectivity index (χ3v) is 2.03. The van der Waals surface area contributed by atoms with E-state index < -0.39 is 11.8 Å². The number of rotatable bonds is 7. The van der Waals surface area contributed by atoms with Crippen LogP contribution in [0.15, 0.2) is 0 Å². The van der Waals surface area contributed by atoms with Crippen LogP contribution in [0.5, 0.6) is 0 Å². The SMILES string of the molecule is CC(C)OCCCNC(=O)C(=O)N(C)CCO. The van der Waals surface area contributed by atoms with Crippen molar-refractivity contribution < 1.29 is 19.4 Å². The Bertz CT molecular complexity index is 244. The normalized spacial score (nSPS) is 10.4. The maximum Gasteiger partial charge on any atom is 0.311 e. The maximum absolute atomic E-state index is 11.4. The summed E-state index contributed by atoms with van der Waals surface area (Å²) in [6, 6.07) is 0. The van der Waals surface area contributed by atoms with Crippen molar-refractivity contribution in [1.29, 1.82) is 0 Å². The number of amides is 2. The van der Waals surface area contributed by atoms with Crippen molar-refractivity contribution in [2.24, 2.45) is 0 Å². The van der Waals surface area contributed by atoms with Crippen LogP contribution in [-0.4, -0.2) is 61.3 Å². The zero-order chi connectivity index (χ0) is 13.3. The number of ether oxygens (including phenoxy) is 1. The van der Waals surface area contributed by atoms with Gasteiger partial charge in [0.1, 0.15) is 0 Å². The molecule has 0 fully saturated rings. The molecule has 0 radical (unpaired) electrons. The van der Waals surface area contributed by atoms with E-state index in [4.69, 9.17) is 9.84 Å². The number of aliphatic hydroxyl groups is 1. The van der Waals surface area contributed by atoms with Gasteiger partial charge in [-0.25, -0.2) is 0 Å².